The second-order valence-corrected chi connectivity index (χ2v) is 8.40. The van der Waals surface area contributed by atoms with Gasteiger partial charge in [0.25, 0.3) is 0 Å². The molecule has 2 N–H and O–H groups in total. The van der Waals surface area contributed by atoms with Crippen molar-refractivity contribution in [2.75, 3.05) is 52.9 Å². The smallest absolute Gasteiger partial charge is 0.338 e. The fourth-order valence-electron chi connectivity index (χ4n) is 4.15. The Morgan fingerprint density at radius 1 is 1.18 bits per heavy atom. The maximum atomic E-state index is 13.1. The molecule has 1 aromatic carbocycles. The first kappa shape index (κ1) is 24.9. The van der Waals surface area contributed by atoms with Gasteiger partial charge in [0, 0.05) is 57.0 Å². The van der Waals surface area contributed by atoms with Crippen molar-refractivity contribution in [2.45, 2.75) is 26.3 Å². The van der Waals surface area contributed by atoms with Gasteiger partial charge in [0.05, 0.1) is 18.2 Å². The van der Waals surface area contributed by atoms with Gasteiger partial charge in [-0.3, -0.25) is 9.80 Å². The maximum Gasteiger partial charge on any atom is 0.338 e. The molecule has 33 heavy (non-hydrogen) atoms. The fraction of sp³-hybridized carbons (Fsp3) is 0.522. The molecule has 2 heterocycles. The number of benzene rings is 1. The van der Waals surface area contributed by atoms with Gasteiger partial charge in [-0.25, -0.2) is 14.4 Å². The number of nitrogens with zero attached hydrogens (tertiary/aromatic N) is 3. The third-order valence-electron chi connectivity index (χ3n) is 5.87. The molecule has 10 heteroatoms. The van der Waals surface area contributed by atoms with Crippen LogP contribution in [0, 0.1) is 0 Å². The number of nitrogens with one attached hydrogen (secondary N) is 2. The number of hydrogen-bond acceptors (Lipinski definition) is 5. The Kier molecular flexibility index (Phi) is 8.57. The lowest BCUT2D eigenvalue weighted by Gasteiger charge is -2.36. The molecule has 1 atom stereocenters. The van der Waals surface area contributed by atoms with E-state index in [1.54, 1.807) is 37.1 Å². The molecule has 2 aliphatic heterocycles. The van der Waals surface area contributed by atoms with E-state index in [0.29, 0.717) is 54.6 Å². The van der Waals surface area contributed by atoms with Crippen molar-refractivity contribution in [3.63, 3.8) is 0 Å². The molecule has 1 fully saturated rings. The molecule has 0 spiro atoms. The van der Waals surface area contributed by atoms with Gasteiger partial charge in [0.2, 0.25) is 0 Å². The number of carbonyl (C=O) groups excluding carboxylic acids is 3. The van der Waals surface area contributed by atoms with E-state index in [9.17, 15) is 14.4 Å². The summed E-state index contributed by atoms with van der Waals surface area (Å²) in [4.78, 5) is 43.6. The first-order valence-corrected chi connectivity index (χ1v) is 11.7. The van der Waals surface area contributed by atoms with E-state index in [-0.39, 0.29) is 18.7 Å². The standard InChI is InChI=1S/C23H32ClN5O4/c1-4-25-22(31)29-12-8-11-28(13-14-29)15-18-19(21(30)33-5-2)20(26-23(32)27(18)3)16-9-6-7-10-17(16)24/h6-7,9-10,20H,4-5,8,11-15H2,1-3H3,(H,25,31)(H,26,32)/t20-/m0/s1. The Balaban J connectivity index is 1.93. The Bertz CT molecular complexity index is 922. The van der Waals surface area contributed by atoms with Gasteiger partial charge in [-0.2, -0.15) is 0 Å². The van der Waals surface area contributed by atoms with Gasteiger partial charge in [-0.05, 0) is 31.9 Å². The molecule has 0 bridgehead atoms. The zero-order valence-electron chi connectivity index (χ0n) is 19.4. The zero-order valence-corrected chi connectivity index (χ0v) is 20.2. The highest BCUT2D eigenvalue weighted by Gasteiger charge is 2.38. The summed E-state index contributed by atoms with van der Waals surface area (Å²) in [5.74, 6) is -0.483. The second kappa shape index (κ2) is 11.4. The van der Waals surface area contributed by atoms with Crippen LogP contribution in [0.2, 0.25) is 5.02 Å². The molecule has 1 aromatic rings. The highest BCUT2D eigenvalue weighted by molar-refractivity contribution is 6.31. The number of amides is 4. The number of hydrogen-bond donors (Lipinski definition) is 2. The van der Waals surface area contributed by atoms with Crippen LogP contribution in [-0.2, 0) is 9.53 Å². The highest BCUT2D eigenvalue weighted by Crippen LogP contribution is 2.34. The molecule has 1 saturated heterocycles. The Labute approximate surface area is 199 Å². The van der Waals surface area contributed by atoms with Crippen molar-refractivity contribution in [3.8, 4) is 0 Å². The molecule has 0 unspecified atom stereocenters. The van der Waals surface area contributed by atoms with Crippen LogP contribution in [0.15, 0.2) is 35.5 Å². The maximum absolute atomic E-state index is 13.1. The van der Waals surface area contributed by atoms with Crippen LogP contribution in [0.4, 0.5) is 9.59 Å². The minimum absolute atomic E-state index is 0.0706. The van der Waals surface area contributed by atoms with Crippen molar-refractivity contribution in [2.24, 2.45) is 0 Å². The molecule has 2 aliphatic rings. The first-order chi connectivity index (χ1) is 15.9. The normalized spacial score (nSPS) is 19.8. The molecule has 9 nitrogen and oxygen atoms in total. The van der Waals surface area contributed by atoms with Crippen LogP contribution >= 0.6 is 11.6 Å². The third-order valence-corrected chi connectivity index (χ3v) is 6.21. The van der Waals surface area contributed by atoms with Crippen LogP contribution in [0.25, 0.3) is 0 Å². The molecule has 0 aliphatic carbocycles. The minimum atomic E-state index is -0.713. The van der Waals surface area contributed by atoms with Gasteiger partial charge >= 0.3 is 18.0 Å². The van der Waals surface area contributed by atoms with E-state index in [2.05, 4.69) is 15.5 Å². The SMILES string of the molecule is CCNC(=O)N1CCCN(CC2=C(C(=O)OCC)[C@H](c3ccccc3Cl)NC(=O)N2C)CC1. The summed E-state index contributed by atoms with van der Waals surface area (Å²) in [6.07, 6.45) is 0.795. The summed E-state index contributed by atoms with van der Waals surface area (Å²) in [5, 5.41) is 6.19. The summed E-state index contributed by atoms with van der Waals surface area (Å²) in [7, 11) is 1.64. The first-order valence-electron chi connectivity index (χ1n) is 11.3. The minimum Gasteiger partial charge on any atom is -0.463 e. The summed E-state index contributed by atoms with van der Waals surface area (Å²) < 4.78 is 5.38. The lowest BCUT2D eigenvalue weighted by molar-refractivity contribution is -0.139. The number of likely N-dealkylation sites (N-methyl/N-ethyl adjacent to an activating group) is 1. The van der Waals surface area contributed by atoms with E-state index in [1.165, 1.54) is 4.90 Å². The van der Waals surface area contributed by atoms with Gasteiger partial charge in [0.15, 0.2) is 0 Å². The van der Waals surface area contributed by atoms with Crippen molar-refractivity contribution in [3.05, 3.63) is 46.1 Å². The molecule has 4 amide bonds. The predicted molar refractivity (Wildman–Crippen MR) is 126 cm³/mol. The van der Waals surface area contributed by atoms with Crippen molar-refractivity contribution >= 4 is 29.6 Å². The molecule has 3 rings (SSSR count). The topological polar surface area (TPSA) is 94.2 Å². The van der Waals surface area contributed by atoms with E-state index in [0.717, 1.165) is 13.0 Å². The lowest BCUT2D eigenvalue weighted by atomic mass is 9.94. The zero-order chi connectivity index (χ0) is 24.0. The summed E-state index contributed by atoms with van der Waals surface area (Å²) in [6.45, 7) is 7.41. The van der Waals surface area contributed by atoms with Crippen molar-refractivity contribution in [1.29, 1.82) is 0 Å². The predicted octanol–water partition coefficient (Wildman–Crippen LogP) is 2.59. The number of rotatable bonds is 6. The number of esters is 1. The fourth-order valence-corrected chi connectivity index (χ4v) is 4.39. The second-order valence-electron chi connectivity index (χ2n) is 8.00. The van der Waals surface area contributed by atoms with Gasteiger partial charge in [0.1, 0.15) is 0 Å². The Hall–Kier alpha value is -2.78. The van der Waals surface area contributed by atoms with Crippen LogP contribution in [0.5, 0.6) is 0 Å². The average molecular weight is 478 g/mol. The summed E-state index contributed by atoms with van der Waals surface area (Å²) in [5.41, 5.74) is 1.59. The Morgan fingerprint density at radius 3 is 2.64 bits per heavy atom. The molecule has 0 radical (unpaired) electrons. The molecular formula is C23H32ClN5O4. The number of ether oxygens (including phenoxy) is 1. The van der Waals surface area contributed by atoms with Gasteiger partial charge in [-0.1, -0.05) is 29.8 Å². The summed E-state index contributed by atoms with van der Waals surface area (Å²) in [6, 6.07) is 6.05. The highest BCUT2D eigenvalue weighted by atomic mass is 35.5. The lowest BCUT2D eigenvalue weighted by Crippen LogP contribution is -2.49. The van der Waals surface area contributed by atoms with Gasteiger partial charge in [-0.15, -0.1) is 0 Å². The van der Waals surface area contributed by atoms with Crippen LogP contribution < -0.4 is 10.6 Å². The third kappa shape index (κ3) is 5.78. The van der Waals surface area contributed by atoms with Crippen LogP contribution in [-0.4, -0.2) is 85.7 Å². The van der Waals surface area contributed by atoms with Gasteiger partial charge < -0.3 is 20.3 Å². The molecule has 180 valence electrons. The molecular weight excluding hydrogens is 446 g/mol. The number of carbonyl (C=O) groups is 3. The Morgan fingerprint density at radius 2 is 1.94 bits per heavy atom. The largest absolute Gasteiger partial charge is 0.463 e. The molecule has 0 aromatic heterocycles. The molecule has 0 saturated carbocycles. The number of halogens is 1. The van der Waals surface area contributed by atoms with Crippen LogP contribution in [0.3, 0.4) is 0 Å². The average Bonchev–Trinajstić information content (AvgIpc) is 3.03. The van der Waals surface area contributed by atoms with E-state index in [4.69, 9.17) is 16.3 Å². The van der Waals surface area contributed by atoms with Crippen molar-refractivity contribution < 1.29 is 19.1 Å². The van der Waals surface area contributed by atoms with Crippen LogP contribution in [0.1, 0.15) is 31.9 Å². The van der Waals surface area contributed by atoms with E-state index >= 15 is 0 Å². The summed E-state index contributed by atoms with van der Waals surface area (Å²) >= 11 is 6.43. The monoisotopic (exact) mass is 477 g/mol. The quantitative estimate of drug-likeness (QED) is 0.614. The number of urea groups is 2. The van der Waals surface area contributed by atoms with E-state index in [1.807, 2.05) is 13.0 Å². The van der Waals surface area contributed by atoms with E-state index < -0.39 is 12.0 Å². The van der Waals surface area contributed by atoms with Crippen molar-refractivity contribution in [1.82, 2.24) is 25.3 Å².